The van der Waals surface area contributed by atoms with Crippen molar-refractivity contribution >= 4 is 23.2 Å². The molecule has 1 amide bonds. The molecule has 0 aliphatic carbocycles. The molecule has 0 aromatic heterocycles. The Labute approximate surface area is 104 Å². The number of carbonyl (C=O) groups is 1. The lowest BCUT2D eigenvalue weighted by atomic mass is 10.1. The van der Waals surface area contributed by atoms with Crippen LogP contribution in [-0.4, -0.2) is 25.2 Å². The molecule has 0 bridgehead atoms. The highest BCUT2D eigenvalue weighted by Crippen LogP contribution is 2.25. The van der Waals surface area contributed by atoms with Crippen molar-refractivity contribution in [1.29, 1.82) is 5.26 Å². The normalized spacial score (nSPS) is 20.2. The number of morpholine rings is 1. The molecule has 2 rings (SSSR count). The molecule has 0 saturated carbocycles. The van der Waals surface area contributed by atoms with Crippen molar-refractivity contribution in [3.05, 3.63) is 28.8 Å². The number of amides is 1. The van der Waals surface area contributed by atoms with Gasteiger partial charge in [-0.05, 0) is 30.7 Å². The van der Waals surface area contributed by atoms with E-state index in [-0.39, 0.29) is 19.1 Å². The Morgan fingerprint density at radius 3 is 3.00 bits per heavy atom. The zero-order chi connectivity index (χ0) is 12.4. The lowest BCUT2D eigenvalue weighted by molar-refractivity contribution is -0.127. The summed E-state index contributed by atoms with van der Waals surface area (Å²) in [6.07, 6.45) is -0.567. The molecule has 1 aromatic carbocycles. The molecule has 1 aliphatic heterocycles. The van der Waals surface area contributed by atoms with Gasteiger partial charge in [-0.1, -0.05) is 11.6 Å². The number of aryl methyl sites for hydroxylation is 1. The minimum atomic E-state index is -0.567. The highest BCUT2D eigenvalue weighted by atomic mass is 35.5. The fourth-order valence-electron chi connectivity index (χ4n) is 1.80. The molecular weight excluding hydrogens is 240 g/mol. The molecule has 1 saturated heterocycles. The van der Waals surface area contributed by atoms with Gasteiger partial charge in [0.1, 0.15) is 6.61 Å². The topological polar surface area (TPSA) is 53.3 Å². The van der Waals surface area contributed by atoms with E-state index in [1.54, 1.807) is 23.1 Å². The number of carbonyl (C=O) groups excluding carboxylic acids is 1. The van der Waals surface area contributed by atoms with E-state index >= 15 is 0 Å². The van der Waals surface area contributed by atoms with E-state index in [0.717, 1.165) is 11.3 Å². The number of hydrogen-bond acceptors (Lipinski definition) is 3. The summed E-state index contributed by atoms with van der Waals surface area (Å²) in [5, 5.41) is 9.45. The molecular formula is C12H11ClN2O2. The van der Waals surface area contributed by atoms with Crippen molar-refractivity contribution in [2.45, 2.75) is 13.0 Å². The number of hydrogen-bond donors (Lipinski definition) is 0. The average Bonchev–Trinajstić information content (AvgIpc) is 2.30. The molecule has 0 spiro atoms. The molecule has 4 nitrogen and oxygen atoms in total. The molecule has 17 heavy (non-hydrogen) atoms. The SMILES string of the molecule is Cc1cc(Cl)ccc1N1CC(C#N)OCC1=O. The fraction of sp³-hybridized carbons (Fsp3) is 0.333. The number of benzene rings is 1. The van der Waals surface area contributed by atoms with Crippen molar-refractivity contribution in [3.63, 3.8) is 0 Å². The summed E-state index contributed by atoms with van der Waals surface area (Å²) in [6.45, 7) is 2.09. The van der Waals surface area contributed by atoms with Crippen LogP contribution in [0.5, 0.6) is 0 Å². The summed E-state index contributed by atoms with van der Waals surface area (Å²) in [5.74, 6) is -0.137. The summed E-state index contributed by atoms with van der Waals surface area (Å²) in [5.41, 5.74) is 1.69. The number of nitriles is 1. The minimum absolute atomic E-state index is 0.0553. The first-order chi connectivity index (χ1) is 8.11. The lowest BCUT2D eigenvalue weighted by Gasteiger charge is -2.30. The Kier molecular flexibility index (Phi) is 3.32. The van der Waals surface area contributed by atoms with Gasteiger partial charge in [-0.2, -0.15) is 5.26 Å². The first-order valence-corrected chi connectivity index (χ1v) is 5.57. The molecule has 0 N–H and O–H groups in total. The van der Waals surface area contributed by atoms with Gasteiger partial charge in [0.05, 0.1) is 12.6 Å². The van der Waals surface area contributed by atoms with Crippen LogP contribution in [0.15, 0.2) is 18.2 Å². The van der Waals surface area contributed by atoms with Gasteiger partial charge < -0.3 is 9.64 Å². The zero-order valence-corrected chi connectivity index (χ0v) is 10.1. The van der Waals surface area contributed by atoms with Crippen molar-refractivity contribution in [1.82, 2.24) is 0 Å². The first-order valence-electron chi connectivity index (χ1n) is 5.19. The molecule has 1 aliphatic rings. The van der Waals surface area contributed by atoms with Gasteiger partial charge in [0.25, 0.3) is 5.91 Å². The quantitative estimate of drug-likeness (QED) is 0.765. The summed E-state index contributed by atoms with van der Waals surface area (Å²) in [6, 6.07) is 7.32. The van der Waals surface area contributed by atoms with E-state index in [1.807, 2.05) is 13.0 Å². The summed E-state index contributed by atoms with van der Waals surface area (Å²) < 4.78 is 5.08. The Balaban J connectivity index is 2.31. The maximum atomic E-state index is 11.8. The Bertz CT molecular complexity index is 496. The summed E-state index contributed by atoms with van der Waals surface area (Å²) >= 11 is 5.87. The van der Waals surface area contributed by atoms with Crippen LogP contribution in [0.2, 0.25) is 5.02 Å². The molecule has 1 aromatic rings. The van der Waals surface area contributed by atoms with Gasteiger partial charge in [0, 0.05) is 10.7 Å². The second-order valence-electron chi connectivity index (χ2n) is 3.86. The zero-order valence-electron chi connectivity index (χ0n) is 9.31. The average molecular weight is 251 g/mol. The molecule has 5 heteroatoms. The van der Waals surface area contributed by atoms with Crippen molar-refractivity contribution < 1.29 is 9.53 Å². The number of nitrogens with zero attached hydrogens (tertiary/aromatic N) is 2. The standard InChI is InChI=1S/C12H11ClN2O2/c1-8-4-9(13)2-3-11(8)15-6-10(5-14)17-7-12(15)16/h2-4,10H,6-7H2,1H3. The van der Waals surface area contributed by atoms with E-state index in [2.05, 4.69) is 0 Å². The van der Waals surface area contributed by atoms with E-state index in [1.165, 1.54) is 0 Å². The number of rotatable bonds is 1. The van der Waals surface area contributed by atoms with Crippen molar-refractivity contribution in [3.8, 4) is 6.07 Å². The second kappa shape index (κ2) is 4.74. The third kappa shape index (κ3) is 2.41. The van der Waals surface area contributed by atoms with Gasteiger partial charge in [0.2, 0.25) is 0 Å². The molecule has 88 valence electrons. The van der Waals surface area contributed by atoms with Crippen LogP contribution in [0.4, 0.5) is 5.69 Å². The lowest BCUT2D eigenvalue weighted by Crippen LogP contribution is -2.46. The van der Waals surface area contributed by atoms with E-state index < -0.39 is 6.10 Å². The predicted octanol–water partition coefficient (Wildman–Crippen LogP) is 1.90. The number of ether oxygens (including phenoxy) is 1. The minimum Gasteiger partial charge on any atom is -0.352 e. The number of anilines is 1. The van der Waals surface area contributed by atoms with Gasteiger partial charge in [-0.25, -0.2) is 0 Å². The molecule has 1 unspecified atom stereocenters. The third-order valence-corrected chi connectivity index (χ3v) is 2.89. The van der Waals surface area contributed by atoms with Crippen LogP contribution < -0.4 is 4.90 Å². The van der Waals surface area contributed by atoms with E-state index in [4.69, 9.17) is 21.6 Å². The van der Waals surface area contributed by atoms with Gasteiger partial charge in [-0.15, -0.1) is 0 Å². The van der Waals surface area contributed by atoms with E-state index in [9.17, 15) is 4.79 Å². The molecule has 0 radical (unpaired) electrons. The monoisotopic (exact) mass is 250 g/mol. The van der Waals surface area contributed by atoms with Gasteiger partial charge >= 0.3 is 0 Å². The Hall–Kier alpha value is -1.57. The second-order valence-corrected chi connectivity index (χ2v) is 4.30. The summed E-state index contributed by atoms with van der Waals surface area (Å²) in [7, 11) is 0. The maximum Gasteiger partial charge on any atom is 0.253 e. The number of halogens is 1. The fourth-order valence-corrected chi connectivity index (χ4v) is 2.03. The highest BCUT2D eigenvalue weighted by Gasteiger charge is 2.27. The maximum absolute atomic E-state index is 11.8. The smallest absolute Gasteiger partial charge is 0.253 e. The van der Waals surface area contributed by atoms with Crippen molar-refractivity contribution in [2.24, 2.45) is 0 Å². The van der Waals surface area contributed by atoms with Crippen LogP contribution in [0.25, 0.3) is 0 Å². The largest absolute Gasteiger partial charge is 0.352 e. The summed E-state index contributed by atoms with van der Waals surface area (Å²) in [4.78, 5) is 13.3. The van der Waals surface area contributed by atoms with Crippen LogP contribution in [0, 0.1) is 18.3 Å². The van der Waals surface area contributed by atoms with Gasteiger partial charge in [0.15, 0.2) is 6.10 Å². The van der Waals surface area contributed by atoms with Crippen LogP contribution in [0.3, 0.4) is 0 Å². The van der Waals surface area contributed by atoms with Crippen molar-refractivity contribution in [2.75, 3.05) is 18.1 Å². The van der Waals surface area contributed by atoms with Crippen LogP contribution in [-0.2, 0) is 9.53 Å². The van der Waals surface area contributed by atoms with E-state index in [0.29, 0.717) is 5.02 Å². The Morgan fingerprint density at radius 2 is 2.35 bits per heavy atom. The van der Waals surface area contributed by atoms with Crippen LogP contribution in [0.1, 0.15) is 5.56 Å². The molecule has 1 heterocycles. The first kappa shape index (κ1) is 11.9. The van der Waals surface area contributed by atoms with Gasteiger partial charge in [-0.3, -0.25) is 4.79 Å². The Morgan fingerprint density at radius 1 is 1.59 bits per heavy atom. The molecule has 1 fully saturated rings. The van der Waals surface area contributed by atoms with Crippen LogP contribution >= 0.6 is 11.6 Å². The predicted molar refractivity (Wildman–Crippen MR) is 63.9 cm³/mol. The highest BCUT2D eigenvalue weighted by molar-refractivity contribution is 6.30. The third-order valence-electron chi connectivity index (χ3n) is 2.65. The molecule has 1 atom stereocenters.